The molecule has 1 aliphatic heterocycles. The summed E-state index contributed by atoms with van der Waals surface area (Å²) in [6, 6.07) is 6.67. The van der Waals surface area contributed by atoms with Crippen molar-refractivity contribution in [2.24, 2.45) is 0 Å². The van der Waals surface area contributed by atoms with Crippen molar-refractivity contribution in [2.45, 2.75) is 38.5 Å². The van der Waals surface area contributed by atoms with Crippen molar-refractivity contribution in [3.63, 3.8) is 0 Å². The largest absolute Gasteiger partial charge is 0.384 e. The maximum Gasteiger partial charge on any atom is 0.229 e. The van der Waals surface area contributed by atoms with Crippen molar-refractivity contribution >= 4 is 15.7 Å². The highest BCUT2D eigenvalue weighted by Crippen LogP contribution is 2.25. The fourth-order valence-corrected chi connectivity index (χ4v) is 5.22. The van der Waals surface area contributed by atoms with Crippen molar-refractivity contribution < 1.29 is 31.5 Å². The van der Waals surface area contributed by atoms with Gasteiger partial charge in [-0.15, -0.1) is 0 Å². The van der Waals surface area contributed by atoms with Crippen molar-refractivity contribution in [1.82, 2.24) is 14.9 Å². The van der Waals surface area contributed by atoms with Crippen LogP contribution in [0.4, 0.5) is 13.2 Å². The minimum atomic E-state index is -3.50. The van der Waals surface area contributed by atoms with Crippen LogP contribution in [0.15, 0.2) is 60.3 Å². The number of rotatable bonds is 7. The zero-order chi connectivity index (χ0) is 27.0. The number of hydrogen-bond acceptors (Lipinski definition) is 6. The lowest BCUT2D eigenvalue weighted by molar-refractivity contribution is -0.132. The van der Waals surface area contributed by atoms with E-state index in [0.29, 0.717) is 11.3 Å². The molecule has 7 nitrogen and oxygen atoms in total. The SMILES string of the molecule is CC(C)(O)c1cc(CN(C(=O)Cc2ncc(-c3ccc(F)c(F)c3)cc2F)C2C=CS(=O)(=O)C2)ccn1. The zero-order valence-corrected chi connectivity index (χ0v) is 20.8. The molecule has 0 fully saturated rings. The van der Waals surface area contributed by atoms with Crippen LogP contribution in [0.2, 0.25) is 0 Å². The molecule has 0 spiro atoms. The molecular weight excluding hydrogens is 507 g/mol. The van der Waals surface area contributed by atoms with E-state index in [1.165, 1.54) is 29.4 Å². The molecule has 3 heterocycles. The Hall–Kier alpha value is -3.57. The number of nitrogens with zero attached hydrogens (tertiary/aromatic N) is 3. The summed E-state index contributed by atoms with van der Waals surface area (Å²) in [6.07, 6.45) is 3.67. The standard InChI is InChI=1S/C26H24F3N3O4S/c1-26(2,34)24-9-16(5-7-30-24)14-32(19-6-8-37(35,36)15-19)25(33)12-23-22(29)11-18(13-31-23)17-3-4-20(27)21(28)10-17/h3-11,13,19,34H,12,14-15H2,1-2H3. The molecule has 0 bridgehead atoms. The molecule has 37 heavy (non-hydrogen) atoms. The fraction of sp³-hybridized carbons (Fsp3) is 0.269. The molecular formula is C26H24F3N3O4S. The van der Waals surface area contributed by atoms with Crippen LogP contribution in [-0.4, -0.2) is 46.1 Å². The molecule has 3 aromatic rings. The van der Waals surface area contributed by atoms with Gasteiger partial charge in [0.05, 0.1) is 29.6 Å². The zero-order valence-electron chi connectivity index (χ0n) is 20.0. The van der Waals surface area contributed by atoms with E-state index in [4.69, 9.17) is 0 Å². The minimum absolute atomic E-state index is 0.0104. The molecule has 0 aliphatic carbocycles. The maximum absolute atomic E-state index is 14.9. The quantitative estimate of drug-likeness (QED) is 0.500. The summed E-state index contributed by atoms with van der Waals surface area (Å²) in [5.74, 6) is -3.83. The second-order valence-electron chi connectivity index (χ2n) is 9.31. The van der Waals surface area contributed by atoms with Crippen LogP contribution in [0, 0.1) is 17.5 Å². The van der Waals surface area contributed by atoms with E-state index in [0.717, 1.165) is 23.6 Å². The van der Waals surface area contributed by atoms with Gasteiger partial charge in [0.15, 0.2) is 21.5 Å². The summed E-state index contributed by atoms with van der Waals surface area (Å²) < 4.78 is 65.8. The Balaban J connectivity index is 1.60. The third kappa shape index (κ3) is 6.23. The van der Waals surface area contributed by atoms with Gasteiger partial charge >= 0.3 is 0 Å². The normalized spacial score (nSPS) is 16.6. The lowest BCUT2D eigenvalue weighted by Gasteiger charge is -2.28. The van der Waals surface area contributed by atoms with Crippen molar-refractivity contribution in [3.05, 3.63) is 94.7 Å². The van der Waals surface area contributed by atoms with E-state index in [1.54, 1.807) is 26.0 Å². The lowest BCUT2D eigenvalue weighted by Crippen LogP contribution is -2.41. The van der Waals surface area contributed by atoms with Gasteiger partial charge in [-0.3, -0.25) is 14.8 Å². The third-order valence-electron chi connectivity index (χ3n) is 5.92. The Kier molecular flexibility index (Phi) is 7.20. The highest BCUT2D eigenvalue weighted by atomic mass is 32.2. The second kappa shape index (κ2) is 10.1. The Bertz CT molecular complexity index is 1490. The van der Waals surface area contributed by atoms with Crippen LogP contribution in [0.5, 0.6) is 0 Å². The summed E-state index contributed by atoms with van der Waals surface area (Å²) in [4.78, 5) is 22.8. The number of benzene rings is 1. The second-order valence-corrected chi connectivity index (χ2v) is 11.2. The van der Waals surface area contributed by atoms with Crippen molar-refractivity contribution in [3.8, 4) is 11.1 Å². The maximum atomic E-state index is 14.9. The first-order valence-electron chi connectivity index (χ1n) is 11.3. The van der Waals surface area contributed by atoms with Gasteiger partial charge in [-0.2, -0.15) is 0 Å². The summed E-state index contributed by atoms with van der Waals surface area (Å²) in [7, 11) is -3.50. The molecule has 1 amide bonds. The molecule has 1 unspecified atom stereocenters. The van der Waals surface area contributed by atoms with Crippen LogP contribution in [0.1, 0.15) is 30.8 Å². The third-order valence-corrected chi connectivity index (χ3v) is 7.30. The van der Waals surface area contributed by atoms with Crippen LogP contribution >= 0.6 is 0 Å². The number of hydrogen-bond donors (Lipinski definition) is 1. The molecule has 0 saturated heterocycles. The van der Waals surface area contributed by atoms with E-state index in [2.05, 4.69) is 9.97 Å². The van der Waals surface area contributed by atoms with Gasteiger partial charge in [-0.05, 0) is 61.4 Å². The smallest absolute Gasteiger partial charge is 0.229 e. The number of carbonyl (C=O) groups is 1. The highest BCUT2D eigenvalue weighted by molar-refractivity contribution is 7.94. The van der Waals surface area contributed by atoms with Gasteiger partial charge < -0.3 is 10.0 Å². The van der Waals surface area contributed by atoms with E-state index >= 15 is 0 Å². The monoisotopic (exact) mass is 531 g/mol. The fourth-order valence-electron chi connectivity index (χ4n) is 3.92. The average Bonchev–Trinajstić information content (AvgIpc) is 3.19. The molecule has 11 heteroatoms. The van der Waals surface area contributed by atoms with Gasteiger partial charge in [-0.1, -0.05) is 6.07 Å². The predicted octanol–water partition coefficient (Wildman–Crippen LogP) is 3.67. The molecule has 194 valence electrons. The van der Waals surface area contributed by atoms with Gasteiger partial charge in [-0.25, -0.2) is 21.6 Å². The highest BCUT2D eigenvalue weighted by Gasteiger charge is 2.31. The first-order chi connectivity index (χ1) is 17.3. The van der Waals surface area contributed by atoms with Gasteiger partial charge in [0.2, 0.25) is 5.91 Å². The summed E-state index contributed by atoms with van der Waals surface area (Å²) in [5, 5.41) is 11.3. The van der Waals surface area contributed by atoms with E-state index < -0.39 is 51.3 Å². The summed E-state index contributed by atoms with van der Waals surface area (Å²) >= 11 is 0. The Morgan fingerprint density at radius 1 is 1.05 bits per heavy atom. The van der Waals surface area contributed by atoms with Crippen LogP contribution in [0.3, 0.4) is 0 Å². The van der Waals surface area contributed by atoms with Gasteiger partial charge in [0.1, 0.15) is 11.4 Å². The number of sulfone groups is 1. The number of halogens is 3. The van der Waals surface area contributed by atoms with E-state index in [-0.39, 0.29) is 29.1 Å². The lowest BCUT2D eigenvalue weighted by atomic mass is 10.0. The number of carbonyl (C=O) groups excluding carboxylic acids is 1. The molecule has 0 saturated carbocycles. The first-order valence-corrected chi connectivity index (χ1v) is 13.0. The molecule has 0 radical (unpaired) electrons. The number of aliphatic hydroxyl groups is 1. The van der Waals surface area contributed by atoms with Crippen LogP contribution in [-0.2, 0) is 33.2 Å². The Morgan fingerprint density at radius 3 is 2.41 bits per heavy atom. The van der Waals surface area contributed by atoms with Gasteiger partial charge in [0.25, 0.3) is 0 Å². The number of aromatic nitrogens is 2. The van der Waals surface area contributed by atoms with Crippen LogP contribution in [0.25, 0.3) is 11.1 Å². The Labute approximate surface area is 212 Å². The van der Waals surface area contributed by atoms with Crippen molar-refractivity contribution in [2.75, 3.05) is 5.75 Å². The molecule has 4 rings (SSSR count). The predicted molar refractivity (Wildman–Crippen MR) is 130 cm³/mol. The topological polar surface area (TPSA) is 100 Å². The van der Waals surface area contributed by atoms with Gasteiger partial charge in [0, 0.05) is 29.9 Å². The first kappa shape index (κ1) is 26.5. The molecule has 1 atom stereocenters. The molecule has 1 aliphatic rings. The number of pyridine rings is 2. The molecule has 1 N–H and O–H groups in total. The van der Waals surface area contributed by atoms with E-state index in [9.17, 15) is 31.5 Å². The Morgan fingerprint density at radius 2 is 1.78 bits per heavy atom. The average molecular weight is 532 g/mol. The minimum Gasteiger partial charge on any atom is -0.384 e. The van der Waals surface area contributed by atoms with E-state index in [1.807, 2.05) is 0 Å². The van der Waals surface area contributed by atoms with Crippen LogP contribution < -0.4 is 0 Å². The summed E-state index contributed by atoms with van der Waals surface area (Å²) in [6.45, 7) is 3.11. The number of amides is 1. The molecule has 1 aromatic carbocycles. The molecule has 2 aromatic heterocycles. The summed E-state index contributed by atoms with van der Waals surface area (Å²) in [5.41, 5.74) is -0.0357. The van der Waals surface area contributed by atoms with Crippen molar-refractivity contribution in [1.29, 1.82) is 0 Å².